The predicted molar refractivity (Wildman–Crippen MR) is 68.6 cm³/mol. The second kappa shape index (κ2) is 4.42. The molecule has 7 nitrogen and oxygen atoms in total. The first-order chi connectivity index (χ1) is 9.91. The number of methoxy groups -OCH3 is 1. The Bertz CT molecular complexity index is 611. The van der Waals surface area contributed by atoms with Gasteiger partial charge in [0, 0.05) is 14.0 Å². The first-order valence-corrected chi connectivity index (χ1v) is 6.71. The maximum Gasteiger partial charge on any atom is 0.368 e. The van der Waals surface area contributed by atoms with Crippen LogP contribution >= 0.6 is 0 Å². The Morgan fingerprint density at radius 2 is 2.14 bits per heavy atom. The van der Waals surface area contributed by atoms with Crippen LogP contribution in [-0.2, 0) is 19.1 Å². The highest BCUT2D eigenvalue weighted by Crippen LogP contribution is 2.43. The van der Waals surface area contributed by atoms with E-state index >= 15 is 0 Å². The molecule has 0 aromatic carbocycles. The Kier molecular flexibility index (Phi) is 2.91. The third-order valence-corrected chi connectivity index (χ3v) is 4.63. The van der Waals surface area contributed by atoms with Crippen molar-refractivity contribution in [2.45, 2.75) is 18.5 Å². The predicted octanol–water partition coefficient (Wildman–Crippen LogP) is -0.940. The van der Waals surface area contributed by atoms with Crippen LogP contribution in [0, 0.1) is 11.8 Å². The molecule has 7 heteroatoms. The van der Waals surface area contributed by atoms with Gasteiger partial charge in [0.2, 0.25) is 17.4 Å². The Labute approximate surface area is 121 Å². The van der Waals surface area contributed by atoms with Crippen LogP contribution in [0.1, 0.15) is 18.7 Å². The number of hydrogen-bond acceptors (Lipinski definition) is 5. The van der Waals surface area contributed by atoms with Gasteiger partial charge in [0.15, 0.2) is 11.8 Å². The number of amides is 2. The summed E-state index contributed by atoms with van der Waals surface area (Å²) in [5.41, 5.74) is -1.13. The molecular weight excluding hydrogens is 276 g/mol. The lowest BCUT2D eigenvalue weighted by Gasteiger charge is -2.24. The Morgan fingerprint density at radius 1 is 1.43 bits per heavy atom. The van der Waals surface area contributed by atoms with E-state index in [1.165, 1.54) is 20.4 Å². The average molecular weight is 293 g/mol. The van der Waals surface area contributed by atoms with Crippen LogP contribution < -0.4 is 5.32 Å². The van der Waals surface area contributed by atoms with Gasteiger partial charge in [0.25, 0.3) is 0 Å². The lowest BCUT2D eigenvalue weighted by molar-refractivity contribution is -0.732. The number of fused-ring (bicyclic) bond motifs is 1. The average Bonchev–Trinajstić information content (AvgIpc) is 3.14. The van der Waals surface area contributed by atoms with Crippen molar-refractivity contribution in [1.82, 2.24) is 4.90 Å². The molecule has 2 aliphatic heterocycles. The first-order valence-electron chi connectivity index (χ1n) is 6.71. The van der Waals surface area contributed by atoms with Gasteiger partial charge in [-0.3, -0.25) is 14.5 Å². The van der Waals surface area contributed by atoms with Crippen LogP contribution in [-0.4, -0.2) is 42.4 Å². The monoisotopic (exact) mass is 293 g/mol. The van der Waals surface area contributed by atoms with Crippen molar-refractivity contribution in [2.75, 3.05) is 14.2 Å². The molecule has 0 aliphatic carbocycles. The lowest BCUT2D eigenvalue weighted by atomic mass is 9.81. The molecule has 3 rings (SSSR count). The van der Waals surface area contributed by atoms with E-state index in [0.717, 1.165) is 4.90 Å². The van der Waals surface area contributed by atoms with Gasteiger partial charge in [-0.2, -0.15) is 0 Å². The number of furan rings is 1. The van der Waals surface area contributed by atoms with Gasteiger partial charge in [0.1, 0.15) is 11.8 Å². The van der Waals surface area contributed by atoms with E-state index < -0.39 is 29.4 Å². The fourth-order valence-electron chi connectivity index (χ4n) is 3.56. The highest BCUT2D eigenvalue weighted by atomic mass is 16.5. The number of ether oxygens (including phenoxy) is 1. The fourth-order valence-corrected chi connectivity index (χ4v) is 3.56. The summed E-state index contributed by atoms with van der Waals surface area (Å²) in [7, 11) is 2.72. The molecule has 3 heterocycles. The van der Waals surface area contributed by atoms with Gasteiger partial charge in [-0.1, -0.05) is 0 Å². The van der Waals surface area contributed by atoms with E-state index in [9.17, 15) is 14.4 Å². The van der Waals surface area contributed by atoms with Crippen LogP contribution in [0.2, 0.25) is 0 Å². The van der Waals surface area contributed by atoms with Crippen molar-refractivity contribution in [1.29, 1.82) is 0 Å². The molecule has 0 bridgehead atoms. The number of rotatable bonds is 2. The topological polar surface area (TPSA) is 93.4 Å². The lowest BCUT2D eigenvalue weighted by Crippen LogP contribution is -2.97. The van der Waals surface area contributed by atoms with E-state index in [4.69, 9.17) is 9.15 Å². The summed E-state index contributed by atoms with van der Waals surface area (Å²) in [5, 5.41) is 1.72. The molecule has 112 valence electrons. The summed E-state index contributed by atoms with van der Waals surface area (Å²) in [6.45, 7) is 1.64. The molecule has 0 unspecified atom stereocenters. The zero-order chi connectivity index (χ0) is 15.4. The van der Waals surface area contributed by atoms with E-state index in [0.29, 0.717) is 5.76 Å². The fraction of sp³-hybridized carbons (Fsp3) is 0.500. The van der Waals surface area contributed by atoms with Crippen LogP contribution in [0.4, 0.5) is 0 Å². The standard InChI is InChI=1S/C14H16N2O5/c1-14(13(19)20-3)9-8(11(17)16(2)12(9)18)10(15-14)7-5-4-6-21-7/h4-6,8-10,15H,1-3H3/p+1/t8-,9+,10-,14-/m0/s1. The molecule has 0 saturated carbocycles. The van der Waals surface area contributed by atoms with Crippen molar-refractivity contribution in [3.63, 3.8) is 0 Å². The SMILES string of the molecule is COC(=O)[C@@]1(C)[NH2+][C@@H](c2ccco2)[C@H]2C(=O)N(C)C(=O)[C@@H]21. The molecule has 2 amide bonds. The minimum atomic E-state index is -1.13. The minimum Gasteiger partial charge on any atom is -0.464 e. The third kappa shape index (κ3) is 1.67. The zero-order valence-electron chi connectivity index (χ0n) is 12.0. The van der Waals surface area contributed by atoms with Crippen molar-refractivity contribution in [2.24, 2.45) is 11.8 Å². The molecule has 2 fully saturated rings. The molecule has 1 aromatic heterocycles. The van der Waals surface area contributed by atoms with E-state index in [1.807, 2.05) is 0 Å². The maximum atomic E-state index is 12.4. The van der Waals surface area contributed by atoms with Gasteiger partial charge < -0.3 is 14.5 Å². The molecule has 2 N–H and O–H groups in total. The molecule has 0 radical (unpaired) electrons. The summed E-state index contributed by atoms with van der Waals surface area (Å²) in [6.07, 6.45) is 1.51. The van der Waals surface area contributed by atoms with Gasteiger partial charge in [-0.15, -0.1) is 0 Å². The molecule has 4 atom stereocenters. The summed E-state index contributed by atoms with van der Waals surface area (Å²) in [5.74, 6) is -1.91. The van der Waals surface area contributed by atoms with Crippen LogP contribution in [0.15, 0.2) is 22.8 Å². The number of nitrogens with zero attached hydrogens (tertiary/aromatic N) is 1. The van der Waals surface area contributed by atoms with E-state index in [1.54, 1.807) is 24.4 Å². The summed E-state index contributed by atoms with van der Waals surface area (Å²) < 4.78 is 10.2. The van der Waals surface area contributed by atoms with Gasteiger partial charge in [-0.05, 0) is 12.1 Å². The van der Waals surface area contributed by atoms with Gasteiger partial charge in [-0.25, -0.2) is 4.79 Å². The number of carbonyl (C=O) groups excluding carboxylic acids is 3. The van der Waals surface area contributed by atoms with Crippen molar-refractivity contribution in [3.05, 3.63) is 24.2 Å². The van der Waals surface area contributed by atoms with Crippen LogP contribution in [0.25, 0.3) is 0 Å². The molecule has 2 aliphatic rings. The first kappa shape index (κ1) is 13.8. The summed E-state index contributed by atoms with van der Waals surface area (Å²) in [6, 6.07) is 3.06. The highest BCUT2D eigenvalue weighted by molar-refractivity contribution is 6.08. The zero-order valence-corrected chi connectivity index (χ0v) is 12.0. The van der Waals surface area contributed by atoms with Crippen LogP contribution in [0.5, 0.6) is 0 Å². The molecule has 0 spiro atoms. The largest absolute Gasteiger partial charge is 0.464 e. The highest BCUT2D eigenvalue weighted by Gasteiger charge is 2.70. The molecule has 1 aromatic rings. The second-order valence-electron chi connectivity index (χ2n) is 5.72. The Balaban J connectivity index is 2.10. The number of imide groups is 1. The minimum absolute atomic E-state index is 0.282. The smallest absolute Gasteiger partial charge is 0.368 e. The normalized spacial score (nSPS) is 35.2. The maximum absolute atomic E-state index is 12.4. The molecule has 21 heavy (non-hydrogen) atoms. The van der Waals surface area contributed by atoms with E-state index in [-0.39, 0.29) is 11.8 Å². The quantitative estimate of drug-likeness (QED) is 0.561. The van der Waals surface area contributed by atoms with Crippen LogP contribution in [0.3, 0.4) is 0 Å². The number of hydrogen-bond donors (Lipinski definition) is 1. The Morgan fingerprint density at radius 3 is 2.71 bits per heavy atom. The van der Waals surface area contributed by atoms with E-state index in [2.05, 4.69) is 0 Å². The number of esters is 1. The number of carbonyl (C=O) groups is 3. The van der Waals surface area contributed by atoms with Crippen molar-refractivity contribution in [3.8, 4) is 0 Å². The molecular formula is C14H17N2O5+. The summed E-state index contributed by atoms with van der Waals surface area (Å²) in [4.78, 5) is 38.1. The van der Waals surface area contributed by atoms with Gasteiger partial charge >= 0.3 is 5.97 Å². The second-order valence-corrected chi connectivity index (χ2v) is 5.72. The summed E-state index contributed by atoms with van der Waals surface area (Å²) >= 11 is 0. The number of quaternary nitrogens is 1. The number of nitrogens with two attached hydrogens (primary N) is 1. The van der Waals surface area contributed by atoms with Crippen molar-refractivity contribution >= 4 is 17.8 Å². The Hall–Kier alpha value is -2.15. The molecule has 2 saturated heterocycles. The van der Waals surface area contributed by atoms with Gasteiger partial charge in [0.05, 0.1) is 13.4 Å². The van der Waals surface area contributed by atoms with Crippen molar-refractivity contribution < 1.29 is 28.9 Å². The third-order valence-electron chi connectivity index (χ3n) is 4.63. The number of likely N-dealkylation sites (tertiary alicyclic amines) is 1.